The number of thioether (sulfide) groups is 1. The van der Waals surface area contributed by atoms with Gasteiger partial charge in [-0.05, 0) is 46.4 Å². The lowest BCUT2D eigenvalue weighted by atomic mass is 10.2. The van der Waals surface area contributed by atoms with Gasteiger partial charge in [0.1, 0.15) is 0 Å². The van der Waals surface area contributed by atoms with Crippen molar-refractivity contribution in [2.24, 2.45) is 0 Å². The Bertz CT molecular complexity index is 720. The highest BCUT2D eigenvalue weighted by Gasteiger charge is 2.10. The second kappa shape index (κ2) is 7.59. The number of nitro benzene ring substituents is 1. The van der Waals surface area contributed by atoms with Gasteiger partial charge in [-0.15, -0.1) is 11.8 Å². The van der Waals surface area contributed by atoms with Crippen molar-refractivity contribution >= 4 is 46.0 Å². The largest absolute Gasteiger partial charge is 0.465 e. The lowest BCUT2D eigenvalue weighted by molar-refractivity contribution is -0.384. The van der Waals surface area contributed by atoms with Crippen LogP contribution in [0.1, 0.15) is 15.9 Å². The number of benzene rings is 2. The first-order valence-corrected chi connectivity index (χ1v) is 8.31. The Morgan fingerprint density at radius 3 is 2.73 bits per heavy atom. The Balaban J connectivity index is 2.10. The van der Waals surface area contributed by atoms with Crippen LogP contribution in [0.5, 0.6) is 0 Å². The second-order valence-electron chi connectivity index (χ2n) is 4.35. The van der Waals surface area contributed by atoms with E-state index in [9.17, 15) is 14.9 Å². The number of hydrogen-bond acceptors (Lipinski definition) is 5. The molecule has 0 aliphatic heterocycles. The van der Waals surface area contributed by atoms with Crippen LogP contribution in [-0.4, -0.2) is 18.0 Å². The molecule has 0 fully saturated rings. The Labute approximate surface area is 145 Å². The fraction of sp³-hybridized carbons (Fsp3) is 0.133. The second-order valence-corrected chi connectivity index (χ2v) is 6.53. The van der Waals surface area contributed by atoms with Crippen LogP contribution >= 0.6 is 34.4 Å². The van der Waals surface area contributed by atoms with E-state index >= 15 is 0 Å². The summed E-state index contributed by atoms with van der Waals surface area (Å²) in [4.78, 5) is 22.8. The molecule has 0 heterocycles. The third-order valence-electron chi connectivity index (χ3n) is 2.87. The van der Waals surface area contributed by atoms with Gasteiger partial charge in [-0.25, -0.2) is 4.79 Å². The minimum atomic E-state index is -0.400. The normalized spacial score (nSPS) is 10.3. The highest BCUT2D eigenvalue weighted by Crippen LogP contribution is 2.29. The standard InChI is InChI=1S/C15H12INO4S/c1-21-15(18)11-5-6-14(13(16)8-11)22-9-10-3-2-4-12(7-10)17(19)20/h2-8H,9H2,1H3. The SMILES string of the molecule is COC(=O)c1ccc(SCc2cccc([N+](=O)[O-])c2)c(I)c1. The number of esters is 1. The number of halogens is 1. The van der Waals surface area contributed by atoms with Gasteiger partial charge < -0.3 is 4.74 Å². The maximum atomic E-state index is 11.5. The molecule has 7 heteroatoms. The lowest BCUT2D eigenvalue weighted by Crippen LogP contribution is -2.01. The molecule has 0 spiro atoms. The molecule has 0 atom stereocenters. The number of carbonyl (C=O) groups excluding carboxylic acids is 1. The molecule has 2 aromatic carbocycles. The van der Waals surface area contributed by atoms with Crippen molar-refractivity contribution in [1.82, 2.24) is 0 Å². The molecule has 2 aromatic rings. The molecule has 0 radical (unpaired) electrons. The Hall–Kier alpha value is -1.61. The molecule has 0 aromatic heterocycles. The van der Waals surface area contributed by atoms with E-state index < -0.39 is 4.92 Å². The topological polar surface area (TPSA) is 69.4 Å². The zero-order chi connectivity index (χ0) is 16.1. The van der Waals surface area contributed by atoms with E-state index in [4.69, 9.17) is 0 Å². The van der Waals surface area contributed by atoms with Crippen LogP contribution in [0.2, 0.25) is 0 Å². The predicted molar refractivity (Wildman–Crippen MR) is 93.2 cm³/mol. The van der Waals surface area contributed by atoms with Crippen LogP contribution < -0.4 is 0 Å². The van der Waals surface area contributed by atoms with Crippen molar-refractivity contribution in [1.29, 1.82) is 0 Å². The summed E-state index contributed by atoms with van der Waals surface area (Å²) >= 11 is 3.73. The number of nitrogens with zero attached hydrogens (tertiary/aromatic N) is 1. The lowest BCUT2D eigenvalue weighted by Gasteiger charge is -2.06. The fourth-order valence-electron chi connectivity index (χ4n) is 1.78. The summed E-state index contributed by atoms with van der Waals surface area (Å²) in [5, 5.41) is 10.8. The number of methoxy groups -OCH3 is 1. The molecule has 22 heavy (non-hydrogen) atoms. The quantitative estimate of drug-likeness (QED) is 0.233. The van der Waals surface area contributed by atoms with Crippen LogP contribution in [-0.2, 0) is 10.5 Å². The molecular weight excluding hydrogens is 417 g/mol. The van der Waals surface area contributed by atoms with Gasteiger partial charge in [0.2, 0.25) is 0 Å². The van der Waals surface area contributed by atoms with E-state index in [2.05, 4.69) is 27.3 Å². The average molecular weight is 429 g/mol. The third-order valence-corrected chi connectivity index (χ3v) is 5.27. The molecule has 0 aliphatic carbocycles. The molecule has 114 valence electrons. The van der Waals surface area contributed by atoms with Crippen LogP contribution in [0.15, 0.2) is 47.4 Å². The number of carbonyl (C=O) groups is 1. The van der Waals surface area contributed by atoms with Crippen molar-refractivity contribution < 1.29 is 14.5 Å². The molecular formula is C15H12INO4S. The molecule has 0 N–H and O–H groups in total. The number of ether oxygens (including phenoxy) is 1. The fourth-order valence-corrected chi connectivity index (χ4v) is 3.63. The highest BCUT2D eigenvalue weighted by atomic mass is 127. The minimum Gasteiger partial charge on any atom is -0.465 e. The summed E-state index contributed by atoms with van der Waals surface area (Å²) in [7, 11) is 1.35. The van der Waals surface area contributed by atoms with Gasteiger partial charge in [-0.1, -0.05) is 12.1 Å². The number of rotatable bonds is 5. The molecule has 5 nitrogen and oxygen atoms in total. The molecule has 0 bridgehead atoms. The van der Waals surface area contributed by atoms with E-state index in [0.717, 1.165) is 14.0 Å². The first kappa shape index (κ1) is 16.8. The Morgan fingerprint density at radius 2 is 2.09 bits per heavy atom. The number of non-ortho nitro benzene ring substituents is 1. The summed E-state index contributed by atoms with van der Waals surface area (Å²) < 4.78 is 5.62. The monoisotopic (exact) mass is 429 g/mol. The average Bonchev–Trinajstić information content (AvgIpc) is 2.53. The molecule has 0 aliphatic rings. The number of nitro groups is 1. The van der Waals surface area contributed by atoms with Gasteiger partial charge in [0.25, 0.3) is 5.69 Å². The van der Waals surface area contributed by atoms with Crippen LogP contribution in [0.4, 0.5) is 5.69 Å². The van der Waals surface area contributed by atoms with Gasteiger partial charge in [0.15, 0.2) is 0 Å². The van der Waals surface area contributed by atoms with E-state index in [1.54, 1.807) is 36.0 Å². The molecule has 0 amide bonds. The summed E-state index contributed by atoms with van der Waals surface area (Å²) in [6.45, 7) is 0. The Kier molecular flexibility index (Phi) is 5.78. The van der Waals surface area contributed by atoms with Gasteiger partial charge in [0.05, 0.1) is 17.6 Å². The van der Waals surface area contributed by atoms with Gasteiger partial charge >= 0.3 is 5.97 Å². The maximum absolute atomic E-state index is 11.5. The maximum Gasteiger partial charge on any atom is 0.337 e. The van der Waals surface area contributed by atoms with Gasteiger partial charge in [-0.2, -0.15) is 0 Å². The van der Waals surface area contributed by atoms with Gasteiger partial charge in [-0.3, -0.25) is 10.1 Å². The van der Waals surface area contributed by atoms with Crippen molar-refractivity contribution in [3.63, 3.8) is 0 Å². The summed E-state index contributed by atoms with van der Waals surface area (Å²) in [6.07, 6.45) is 0. The predicted octanol–water partition coefficient (Wildman–Crippen LogP) is 4.28. The first-order valence-electron chi connectivity index (χ1n) is 6.25. The van der Waals surface area contributed by atoms with Crippen molar-refractivity contribution in [3.8, 4) is 0 Å². The molecule has 2 rings (SSSR count). The molecule has 0 saturated carbocycles. The molecule has 0 unspecified atom stereocenters. The van der Waals surface area contributed by atoms with Crippen LogP contribution in [0.25, 0.3) is 0 Å². The van der Waals surface area contributed by atoms with Crippen molar-refractivity contribution in [3.05, 3.63) is 67.3 Å². The minimum absolute atomic E-state index is 0.0915. The smallest absolute Gasteiger partial charge is 0.337 e. The molecule has 0 saturated heterocycles. The van der Waals surface area contributed by atoms with Crippen LogP contribution in [0, 0.1) is 13.7 Å². The number of hydrogen-bond donors (Lipinski definition) is 0. The van der Waals surface area contributed by atoms with E-state index in [1.807, 2.05) is 12.1 Å². The Morgan fingerprint density at radius 1 is 1.32 bits per heavy atom. The van der Waals surface area contributed by atoms with E-state index in [0.29, 0.717) is 11.3 Å². The van der Waals surface area contributed by atoms with Crippen LogP contribution in [0.3, 0.4) is 0 Å². The van der Waals surface area contributed by atoms with Gasteiger partial charge in [0, 0.05) is 26.4 Å². The van der Waals surface area contributed by atoms with E-state index in [1.165, 1.54) is 13.2 Å². The van der Waals surface area contributed by atoms with E-state index in [-0.39, 0.29) is 11.7 Å². The first-order chi connectivity index (χ1) is 10.5. The summed E-state index contributed by atoms with van der Waals surface area (Å²) in [5.41, 5.74) is 1.48. The highest BCUT2D eigenvalue weighted by molar-refractivity contribution is 14.1. The zero-order valence-corrected chi connectivity index (χ0v) is 14.6. The summed E-state index contributed by atoms with van der Waals surface area (Å²) in [6, 6.07) is 11.9. The third kappa shape index (κ3) is 4.20. The summed E-state index contributed by atoms with van der Waals surface area (Å²) in [5.74, 6) is 0.253. The van der Waals surface area contributed by atoms with Crippen molar-refractivity contribution in [2.45, 2.75) is 10.6 Å². The zero-order valence-electron chi connectivity index (χ0n) is 11.6. The van der Waals surface area contributed by atoms with Crippen molar-refractivity contribution in [2.75, 3.05) is 7.11 Å².